The molecule has 0 aliphatic rings. The predicted octanol–water partition coefficient (Wildman–Crippen LogP) is 7.15. The molecule has 32 heavy (non-hydrogen) atoms. The van der Waals surface area contributed by atoms with Crippen LogP contribution in [0.4, 0.5) is 0 Å². The molecule has 0 aliphatic heterocycles. The summed E-state index contributed by atoms with van der Waals surface area (Å²) < 4.78 is 15.7. The largest absolute Gasteiger partial charge is 0.497 e. The summed E-state index contributed by atoms with van der Waals surface area (Å²) in [7, 11) is 1.63. The van der Waals surface area contributed by atoms with E-state index in [4.69, 9.17) is 14.2 Å². The minimum Gasteiger partial charge on any atom is -0.497 e. The van der Waals surface area contributed by atoms with Gasteiger partial charge in [0.05, 0.1) is 13.7 Å². The Morgan fingerprint density at radius 2 is 1.16 bits per heavy atom. The number of hydrogen-bond acceptors (Lipinski definition) is 5. The Balaban J connectivity index is 1.86. The molecule has 0 radical (unpaired) electrons. The van der Waals surface area contributed by atoms with Gasteiger partial charge in [-0.25, -0.2) is 0 Å². The Morgan fingerprint density at radius 1 is 0.656 bits per heavy atom. The SMILES string of the molecule is CCCCCCCCCOC(=O)CCCCCCCCC(=O)OCc1ccc(OC)cc1. The molecule has 0 fully saturated rings. The lowest BCUT2D eigenvalue weighted by Gasteiger charge is -2.06. The monoisotopic (exact) mass is 448 g/mol. The molecule has 0 saturated carbocycles. The van der Waals surface area contributed by atoms with Gasteiger partial charge >= 0.3 is 11.9 Å². The summed E-state index contributed by atoms with van der Waals surface area (Å²) in [6, 6.07) is 7.52. The molecule has 0 amide bonds. The highest BCUT2D eigenvalue weighted by atomic mass is 16.5. The summed E-state index contributed by atoms with van der Waals surface area (Å²) in [6.45, 7) is 3.10. The Hall–Kier alpha value is -2.04. The van der Waals surface area contributed by atoms with Crippen molar-refractivity contribution in [2.24, 2.45) is 0 Å². The number of methoxy groups -OCH3 is 1. The van der Waals surface area contributed by atoms with E-state index in [1.54, 1.807) is 7.11 Å². The highest BCUT2D eigenvalue weighted by Crippen LogP contribution is 2.13. The molecule has 0 aliphatic carbocycles. The first kappa shape index (κ1) is 28.0. The predicted molar refractivity (Wildman–Crippen MR) is 129 cm³/mol. The van der Waals surface area contributed by atoms with Gasteiger partial charge in [0.25, 0.3) is 0 Å². The summed E-state index contributed by atoms with van der Waals surface area (Å²) in [6.07, 6.45) is 15.6. The zero-order valence-corrected chi connectivity index (χ0v) is 20.4. The smallest absolute Gasteiger partial charge is 0.306 e. The van der Waals surface area contributed by atoms with Crippen LogP contribution in [0.3, 0.4) is 0 Å². The molecule has 182 valence electrons. The van der Waals surface area contributed by atoms with Crippen LogP contribution in [-0.2, 0) is 25.7 Å². The fourth-order valence-electron chi connectivity index (χ4n) is 3.52. The maximum absolute atomic E-state index is 11.8. The molecule has 1 aromatic rings. The lowest BCUT2D eigenvalue weighted by atomic mass is 10.1. The van der Waals surface area contributed by atoms with Crippen molar-refractivity contribution in [3.05, 3.63) is 29.8 Å². The molecular weight excluding hydrogens is 404 g/mol. The first-order valence-corrected chi connectivity index (χ1v) is 12.6. The van der Waals surface area contributed by atoms with E-state index in [-0.39, 0.29) is 11.9 Å². The lowest BCUT2D eigenvalue weighted by molar-refractivity contribution is -0.145. The van der Waals surface area contributed by atoms with E-state index in [1.165, 1.54) is 32.1 Å². The second kappa shape index (κ2) is 19.6. The minimum atomic E-state index is -0.149. The minimum absolute atomic E-state index is 0.0596. The molecule has 0 bridgehead atoms. The third kappa shape index (κ3) is 15.7. The number of esters is 2. The second-order valence-corrected chi connectivity index (χ2v) is 8.47. The fraction of sp³-hybridized carbons (Fsp3) is 0.704. The van der Waals surface area contributed by atoms with Crippen molar-refractivity contribution in [1.29, 1.82) is 0 Å². The summed E-state index contributed by atoms with van der Waals surface area (Å²) in [5.41, 5.74) is 0.958. The first-order chi connectivity index (χ1) is 15.7. The molecule has 1 aromatic carbocycles. The number of ether oxygens (including phenoxy) is 3. The van der Waals surface area contributed by atoms with Crippen LogP contribution in [0.15, 0.2) is 24.3 Å². The Morgan fingerprint density at radius 3 is 1.72 bits per heavy atom. The van der Waals surface area contributed by atoms with Crippen molar-refractivity contribution < 1.29 is 23.8 Å². The van der Waals surface area contributed by atoms with Crippen molar-refractivity contribution in [2.75, 3.05) is 13.7 Å². The molecule has 0 spiro atoms. The molecule has 0 N–H and O–H groups in total. The van der Waals surface area contributed by atoms with Gasteiger partial charge in [0, 0.05) is 12.8 Å². The fourth-order valence-corrected chi connectivity index (χ4v) is 3.52. The van der Waals surface area contributed by atoms with Gasteiger partial charge in [-0.05, 0) is 37.0 Å². The molecule has 5 nitrogen and oxygen atoms in total. The molecule has 0 saturated heterocycles. The third-order valence-corrected chi connectivity index (χ3v) is 5.58. The van der Waals surface area contributed by atoms with Crippen LogP contribution < -0.4 is 4.74 Å². The van der Waals surface area contributed by atoms with E-state index in [1.807, 2.05) is 24.3 Å². The van der Waals surface area contributed by atoms with Crippen molar-refractivity contribution in [1.82, 2.24) is 0 Å². The first-order valence-electron chi connectivity index (χ1n) is 12.6. The topological polar surface area (TPSA) is 61.8 Å². The van der Waals surface area contributed by atoms with Gasteiger partial charge in [0.15, 0.2) is 0 Å². The van der Waals surface area contributed by atoms with Crippen molar-refractivity contribution in [3.63, 3.8) is 0 Å². The van der Waals surface area contributed by atoms with E-state index in [9.17, 15) is 9.59 Å². The molecular formula is C27H44O5. The second-order valence-electron chi connectivity index (χ2n) is 8.47. The standard InChI is InChI=1S/C27H44O5/c1-3-4-5-6-9-12-15-22-31-26(28)16-13-10-7-8-11-14-17-27(29)32-23-24-18-20-25(30-2)21-19-24/h18-21H,3-17,22-23H2,1-2H3. The van der Waals surface area contributed by atoms with Crippen LogP contribution in [0.2, 0.25) is 0 Å². The third-order valence-electron chi connectivity index (χ3n) is 5.58. The van der Waals surface area contributed by atoms with Crippen LogP contribution in [0.5, 0.6) is 5.75 Å². The zero-order valence-electron chi connectivity index (χ0n) is 20.4. The molecule has 0 aromatic heterocycles. The number of hydrogen-bond donors (Lipinski definition) is 0. The normalized spacial score (nSPS) is 10.7. The summed E-state index contributed by atoms with van der Waals surface area (Å²) >= 11 is 0. The van der Waals surface area contributed by atoms with Crippen molar-refractivity contribution in [3.8, 4) is 5.75 Å². The Kier molecular flexibility index (Phi) is 17.2. The summed E-state index contributed by atoms with van der Waals surface area (Å²) in [5.74, 6) is 0.584. The van der Waals surface area contributed by atoms with Crippen LogP contribution in [0.1, 0.15) is 109 Å². The zero-order chi connectivity index (χ0) is 23.3. The maximum atomic E-state index is 11.8. The average molecular weight is 449 g/mol. The average Bonchev–Trinajstić information content (AvgIpc) is 2.81. The number of carbonyl (C=O) groups is 2. The highest BCUT2D eigenvalue weighted by Gasteiger charge is 2.05. The van der Waals surface area contributed by atoms with Crippen LogP contribution in [0.25, 0.3) is 0 Å². The van der Waals surface area contributed by atoms with Crippen molar-refractivity contribution in [2.45, 2.75) is 110 Å². The van der Waals surface area contributed by atoms with Gasteiger partial charge in [0.2, 0.25) is 0 Å². The number of rotatable bonds is 20. The van der Waals surface area contributed by atoms with E-state index in [2.05, 4.69) is 6.92 Å². The molecule has 5 heteroatoms. The molecule has 0 atom stereocenters. The van der Waals surface area contributed by atoms with Crippen molar-refractivity contribution >= 4 is 11.9 Å². The quantitative estimate of drug-likeness (QED) is 0.156. The van der Waals surface area contributed by atoms with Gasteiger partial charge in [-0.1, -0.05) is 83.3 Å². The van der Waals surface area contributed by atoms with Gasteiger partial charge in [0.1, 0.15) is 12.4 Å². The van der Waals surface area contributed by atoms with Gasteiger partial charge in [-0.2, -0.15) is 0 Å². The Bertz CT molecular complexity index is 597. The van der Waals surface area contributed by atoms with Gasteiger partial charge in [-0.3, -0.25) is 9.59 Å². The van der Waals surface area contributed by atoms with E-state index >= 15 is 0 Å². The van der Waals surface area contributed by atoms with Gasteiger partial charge < -0.3 is 14.2 Å². The number of carbonyl (C=O) groups excluding carboxylic acids is 2. The van der Waals surface area contributed by atoms with E-state index in [0.717, 1.165) is 62.7 Å². The van der Waals surface area contributed by atoms with E-state index < -0.39 is 0 Å². The number of unbranched alkanes of at least 4 members (excludes halogenated alkanes) is 11. The van der Waals surface area contributed by atoms with Gasteiger partial charge in [-0.15, -0.1) is 0 Å². The Labute approximate surface area is 195 Å². The molecule has 0 unspecified atom stereocenters. The maximum Gasteiger partial charge on any atom is 0.306 e. The number of benzene rings is 1. The van der Waals surface area contributed by atoms with Crippen LogP contribution >= 0.6 is 0 Å². The summed E-state index contributed by atoms with van der Waals surface area (Å²) in [4.78, 5) is 23.6. The van der Waals surface area contributed by atoms with Crippen LogP contribution in [-0.4, -0.2) is 25.7 Å². The molecule has 1 rings (SSSR count). The highest BCUT2D eigenvalue weighted by molar-refractivity contribution is 5.69. The van der Waals surface area contributed by atoms with E-state index in [0.29, 0.717) is 26.1 Å². The molecule has 0 heterocycles. The van der Waals surface area contributed by atoms with Crippen LogP contribution in [0, 0.1) is 0 Å². The lowest BCUT2D eigenvalue weighted by Crippen LogP contribution is -2.05. The summed E-state index contributed by atoms with van der Waals surface area (Å²) in [5, 5.41) is 0.